The molecule has 1 heterocycles. The maximum absolute atomic E-state index is 4.74. The Hall–Kier alpha value is -0.410. The van der Waals surface area contributed by atoms with Gasteiger partial charge in [0, 0.05) is 30.3 Å². The summed E-state index contributed by atoms with van der Waals surface area (Å²) in [6, 6.07) is 0.570. The fourth-order valence-electron chi connectivity index (χ4n) is 1.98. The Morgan fingerprint density at radius 3 is 2.81 bits per heavy atom. The van der Waals surface area contributed by atoms with Crippen molar-refractivity contribution in [3.63, 3.8) is 0 Å². The quantitative estimate of drug-likeness (QED) is 0.852. The minimum atomic E-state index is 0.505. The Morgan fingerprint density at radius 1 is 1.56 bits per heavy atom. The summed E-state index contributed by atoms with van der Waals surface area (Å²) in [5.74, 6) is 0.726. The van der Waals surface area contributed by atoms with Crippen molar-refractivity contribution in [2.75, 3.05) is 6.54 Å². The summed E-state index contributed by atoms with van der Waals surface area (Å²) >= 11 is 1.84. The Balaban J connectivity index is 1.84. The lowest BCUT2D eigenvalue weighted by Gasteiger charge is -2.05. The van der Waals surface area contributed by atoms with E-state index >= 15 is 0 Å². The molecule has 1 aromatic rings. The molecule has 2 nitrogen and oxygen atoms in total. The highest BCUT2D eigenvalue weighted by Crippen LogP contribution is 2.59. The second kappa shape index (κ2) is 4.46. The number of nitrogens with one attached hydrogen (secondary N) is 1. The number of aromatic nitrogens is 1. The SMILES string of the molecule is CC(C)NCCc1csc(C2CC2(C)C)n1. The molecule has 1 aromatic heterocycles. The summed E-state index contributed by atoms with van der Waals surface area (Å²) < 4.78 is 0. The number of rotatable bonds is 5. The predicted octanol–water partition coefficient (Wildman–Crippen LogP) is 3.20. The van der Waals surface area contributed by atoms with Gasteiger partial charge >= 0.3 is 0 Å². The third-order valence-electron chi connectivity index (χ3n) is 3.31. The molecular weight excluding hydrogens is 216 g/mol. The first-order chi connectivity index (χ1) is 7.49. The summed E-state index contributed by atoms with van der Waals surface area (Å²) in [5.41, 5.74) is 1.77. The van der Waals surface area contributed by atoms with Crippen LogP contribution in [-0.4, -0.2) is 17.6 Å². The Bertz CT molecular complexity index is 355. The van der Waals surface area contributed by atoms with Gasteiger partial charge < -0.3 is 5.32 Å². The average Bonchev–Trinajstić information content (AvgIpc) is 2.60. The zero-order valence-electron chi connectivity index (χ0n) is 10.7. The van der Waals surface area contributed by atoms with Gasteiger partial charge in [0.1, 0.15) is 0 Å². The molecule has 0 aliphatic heterocycles. The van der Waals surface area contributed by atoms with Crippen LogP contribution in [0.1, 0.15) is 50.7 Å². The Morgan fingerprint density at radius 2 is 2.25 bits per heavy atom. The van der Waals surface area contributed by atoms with Crippen LogP contribution in [0.2, 0.25) is 0 Å². The van der Waals surface area contributed by atoms with Gasteiger partial charge in [0.25, 0.3) is 0 Å². The van der Waals surface area contributed by atoms with E-state index in [0.717, 1.165) is 18.9 Å². The van der Waals surface area contributed by atoms with Crippen molar-refractivity contribution in [2.24, 2.45) is 5.41 Å². The van der Waals surface area contributed by atoms with Gasteiger partial charge in [-0.05, 0) is 11.8 Å². The maximum atomic E-state index is 4.74. The van der Waals surface area contributed by atoms with Crippen molar-refractivity contribution in [3.05, 3.63) is 16.1 Å². The Labute approximate surface area is 102 Å². The van der Waals surface area contributed by atoms with Gasteiger partial charge in [-0.15, -0.1) is 11.3 Å². The number of hydrogen-bond acceptors (Lipinski definition) is 3. The van der Waals surface area contributed by atoms with Crippen molar-refractivity contribution in [1.82, 2.24) is 10.3 Å². The molecule has 3 heteroatoms. The van der Waals surface area contributed by atoms with E-state index in [1.54, 1.807) is 0 Å². The van der Waals surface area contributed by atoms with Crippen molar-refractivity contribution < 1.29 is 0 Å². The van der Waals surface area contributed by atoms with E-state index < -0.39 is 0 Å². The normalized spacial score (nSPS) is 22.7. The lowest BCUT2D eigenvalue weighted by molar-refractivity contribution is 0.586. The third kappa shape index (κ3) is 2.83. The van der Waals surface area contributed by atoms with Crippen LogP contribution >= 0.6 is 11.3 Å². The lowest BCUT2D eigenvalue weighted by atomic mass is 10.1. The molecule has 0 saturated heterocycles. The van der Waals surface area contributed by atoms with E-state index in [1.807, 2.05) is 11.3 Å². The summed E-state index contributed by atoms with van der Waals surface area (Å²) in [4.78, 5) is 4.74. The first-order valence-electron chi connectivity index (χ1n) is 6.17. The first kappa shape index (κ1) is 12.1. The van der Waals surface area contributed by atoms with Gasteiger partial charge in [-0.25, -0.2) is 4.98 Å². The fourth-order valence-corrected chi connectivity index (χ4v) is 3.14. The minimum absolute atomic E-state index is 0.505. The molecule has 0 radical (unpaired) electrons. The summed E-state index contributed by atoms with van der Waals surface area (Å²) in [7, 11) is 0. The average molecular weight is 238 g/mol. The van der Waals surface area contributed by atoms with Crippen molar-refractivity contribution in [3.8, 4) is 0 Å². The minimum Gasteiger partial charge on any atom is -0.314 e. The lowest BCUT2D eigenvalue weighted by Crippen LogP contribution is -2.25. The molecule has 1 aliphatic rings. The van der Waals surface area contributed by atoms with Gasteiger partial charge in [0.2, 0.25) is 0 Å². The largest absolute Gasteiger partial charge is 0.314 e. The van der Waals surface area contributed by atoms with Gasteiger partial charge in [0.05, 0.1) is 10.7 Å². The first-order valence-corrected chi connectivity index (χ1v) is 7.05. The molecule has 1 saturated carbocycles. The third-order valence-corrected chi connectivity index (χ3v) is 4.32. The molecule has 1 aliphatic carbocycles. The molecule has 1 unspecified atom stereocenters. The second-order valence-electron chi connectivity index (χ2n) is 5.78. The molecule has 2 rings (SSSR count). The molecule has 0 bridgehead atoms. The summed E-state index contributed by atoms with van der Waals surface area (Å²) in [6.07, 6.45) is 2.37. The molecule has 16 heavy (non-hydrogen) atoms. The van der Waals surface area contributed by atoms with Crippen LogP contribution in [0.25, 0.3) is 0 Å². The van der Waals surface area contributed by atoms with Crippen LogP contribution in [0.3, 0.4) is 0 Å². The number of hydrogen-bond donors (Lipinski definition) is 1. The van der Waals surface area contributed by atoms with Gasteiger partial charge in [0.15, 0.2) is 0 Å². The van der Waals surface area contributed by atoms with E-state index in [2.05, 4.69) is 38.4 Å². The molecule has 0 amide bonds. The van der Waals surface area contributed by atoms with Gasteiger partial charge in [-0.1, -0.05) is 27.7 Å². The molecule has 0 spiro atoms. The highest BCUT2D eigenvalue weighted by molar-refractivity contribution is 7.09. The molecule has 0 aromatic carbocycles. The van der Waals surface area contributed by atoms with Crippen molar-refractivity contribution in [1.29, 1.82) is 0 Å². The summed E-state index contributed by atoms with van der Waals surface area (Å²) in [5, 5.41) is 7.01. The molecule has 1 atom stereocenters. The van der Waals surface area contributed by atoms with Crippen LogP contribution in [0.15, 0.2) is 5.38 Å². The standard InChI is InChI=1S/C13H22N2S/c1-9(2)14-6-5-10-8-16-12(15-10)11-7-13(11,3)4/h8-9,11,14H,5-7H2,1-4H3. The van der Waals surface area contributed by atoms with Crippen LogP contribution in [0, 0.1) is 5.41 Å². The predicted molar refractivity (Wildman–Crippen MR) is 70.1 cm³/mol. The second-order valence-corrected chi connectivity index (χ2v) is 6.67. The van der Waals surface area contributed by atoms with E-state index in [9.17, 15) is 0 Å². The molecule has 1 N–H and O–H groups in total. The monoisotopic (exact) mass is 238 g/mol. The molecule has 90 valence electrons. The maximum Gasteiger partial charge on any atom is 0.0964 e. The van der Waals surface area contributed by atoms with E-state index in [4.69, 9.17) is 4.98 Å². The van der Waals surface area contributed by atoms with Crippen LogP contribution in [0.4, 0.5) is 0 Å². The fraction of sp³-hybridized carbons (Fsp3) is 0.769. The van der Waals surface area contributed by atoms with Gasteiger partial charge in [-0.2, -0.15) is 0 Å². The number of thiazole rings is 1. The Kier molecular flexibility index (Phi) is 3.36. The summed E-state index contributed by atoms with van der Waals surface area (Å²) in [6.45, 7) is 10.1. The zero-order chi connectivity index (χ0) is 11.8. The highest BCUT2D eigenvalue weighted by Gasteiger charge is 2.48. The van der Waals surface area contributed by atoms with E-state index in [1.165, 1.54) is 17.1 Å². The van der Waals surface area contributed by atoms with Crippen LogP contribution < -0.4 is 5.32 Å². The van der Waals surface area contributed by atoms with E-state index in [0.29, 0.717) is 11.5 Å². The topological polar surface area (TPSA) is 24.9 Å². The zero-order valence-corrected chi connectivity index (χ0v) is 11.5. The highest BCUT2D eigenvalue weighted by atomic mass is 32.1. The van der Waals surface area contributed by atoms with Gasteiger partial charge in [-0.3, -0.25) is 0 Å². The van der Waals surface area contributed by atoms with Crippen LogP contribution in [-0.2, 0) is 6.42 Å². The van der Waals surface area contributed by atoms with Crippen molar-refractivity contribution >= 4 is 11.3 Å². The molecular formula is C13H22N2S. The van der Waals surface area contributed by atoms with Crippen LogP contribution in [0.5, 0.6) is 0 Å². The number of nitrogens with zero attached hydrogens (tertiary/aromatic N) is 1. The van der Waals surface area contributed by atoms with Crippen molar-refractivity contribution in [2.45, 2.75) is 52.5 Å². The molecule has 1 fully saturated rings. The smallest absolute Gasteiger partial charge is 0.0964 e. The van der Waals surface area contributed by atoms with E-state index in [-0.39, 0.29) is 0 Å².